The van der Waals surface area contributed by atoms with Crippen molar-refractivity contribution in [2.75, 3.05) is 0 Å². The lowest BCUT2D eigenvalue weighted by molar-refractivity contribution is 0.0762. The summed E-state index contributed by atoms with van der Waals surface area (Å²) in [6, 6.07) is 8.34. The van der Waals surface area contributed by atoms with Crippen molar-refractivity contribution in [2.45, 2.75) is 43.4 Å². The minimum absolute atomic E-state index is 0.0662. The van der Waals surface area contributed by atoms with Gasteiger partial charge in [-0.15, -0.1) is 0 Å². The third-order valence-electron chi connectivity index (χ3n) is 4.21. The molecule has 2 aromatic rings. The minimum atomic E-state index is -3.79. The molecule has 2 aromatic carbocycles. The SMILES string of the molecule is [2H]C1([2H])C(=O)c2ccc3c4c2C([2H])(C([2H])([2H])C([2H])([2H])C4([2H])C([2H])([2H])c2ccccc2-3)C1([2H])O. The van der Waals surface area contributed by atoms with E-state index < -0.39 is 65.8 Å². The molecule has 0 spiro atoms. The summed E-state index contributed by atoms with van der Waals surface area (Å²) >= 11 is 0. The summed E-state index contributed by atoms with van der Waals surface area (Å²) in [7, 11) is 0. The van der Waals surface area contributed by atoms with Gasteiger partial charge in [0.25, 0.3) is 0 Å². The van der Waals surface area contributed by atoms with Crippen LogP contribution in [0.1, 0.15) is 73.0 Å². The van der Waals surface area contributed by atoms with Crippen molar-refractivity contribution < 1.29 is 25.0 Å². The summed E-state index contributed by atoms with van der Waals surface area (Å²) in [5, 5.41) is 11.0. The van der Waals surface area contributed by atoms with E-state index in [-0.39, 0.29) is 16.7 Å². The third kappa shape index (κ3) is 1.51. The number of hydrogen-bond acceptors (Lipinski definition) is 2. The van der Waals surface area contributed by atoms with E-state index in [4.69, 9.17) is 13.7 Å². The molecule has 3 atom stereocenters. The monoisotopic (exact) mass is 301 g/mol. The van der Waals surface area contributed by atoms with E-state index in [1.54, 1.807) is 6.07 Å². The zero-order valence-electron chi connectivity index (χ0n) is 22.3. The van der Waals surface area contributed by atoms with E-state index in [9.17, 15) is 11.3 Å². The smallest absolute Gasteiger partial charge is 0.165 e. The molecule has 0 bridgehead atoms. The van der Waals surface area contributed by atoms with Gasteiger partial charge in [-0.3, -0.25) is 4.79 Å². The van der Waals surface area contributed by atoms with Crippen LogP contribution in [0.5, 0.6) is 0 Å². The van der Waals surface area contributed by atoms with Gasteiger partial charge in [0, 0.05) is 31.5 Å². The molecule has 0 fully saturated rings. The van der Waals surface area contributed by atoms with Crippen LogP contribution in [0.25, 0.3) is 11.1 Å². The van der Waals surface area contributed by atoms with Crippen molar-refractivity contribution in [3.05, 3.63) is 58.7 Å². The molecular weight excluding hydrogens is 272 g/mol. The molecule has 5 rings (SSSR count). The standard InChI is InChI=1S/C20H18O2/c21-17-10-18(22)16-8-7-14-13-4-2-1-3-11(13)9-12-5-6-15(17)20(16)19(12)14/h1-4,7-8,12,15,17,21H,5-6,9-10H2/i5D2,6D2,9D2,10D2,12D,15D,17D. The quantitative estimate of drug-likeness (QED) is 0.803. The summed E-state index contributed by atoms with van der Waals surface area (Å²) < 4.78 is 94.9. The van der Waals surface area contributed by atoms with Gasteiger partial charge in [-0.05, 0) is 52.8 Å². The predicted octanol–water partition coefficient (Wildman–Crippen LogP) is 3.82. The zero-order valence-corrected chi connectivity index (χ0v) is 11.3. The molecule has 2 heteroatoms. The first-order chi connectivity index (χ1) is 14.9. The van der Waals surface area contributed by atoms with Crippen LogP contribution in [0.4, 0.5) is 0 Å². The number of aliphatic hydroxyl groups is 1. The molecule has 110 valence electrons. The fourth-order valence-electron chi connectivity index (χ4n) is 3.26. The number of hydrogen-bond donors (Lipinski definition) is 1. The number of carbonyl (C=O) groups is 1. The van der Waals surface area contributed by atoms with Crippen molar-refractivity contribution in [1.82, 2.24) is 0 Å². The molecule has 0 amide bonds. The van der Waals surface area contributed by atoms with Gasteiger partial charge in [0.15, 0.2) is 5.78 Å². The molecule has 0 heterocycles. The average Bonchev–Trinajstić information content (AvgIpc) is 2.73. The average molecular weight is 301 g/mol. The maximum Gasteiger partial charge on any atom is 0.165 e. The molecule has 0 radical (unpaired) electrons. The van der Waals surface area contributed by atoms with Crippen LogP contribution in [0.3, 0.4) is 0 Å². The fourth-order valence-corrected chi connectivity index (χ4v) is 3.26. The first kappa shape index (κ1) is 5.93. The van der Waals surface area contributed by atoms with E-state index in [0.717, 1.165) is 6.07 Å². The third-order valence-corrected chi connectivity index (χ3v) is 4.21. The summed E-state index contributed by atoms with van der Waals surface area (Å²) in [5.74, 6) is -7.86. The molecule has 2 nitrogen and oxygen atoms in total. The van der Waals surface area contributed by atoms with Gasteiger partial charge in [0.2, 0.25) is 0 Å². The zero-order chi connectivity index (χ0) is 24.8. The van der Waals surface area contributed by atoms with Crippen LogP contribution in [0, 0.1) is 0 Å². The number of fused-ring (bicyclic) bond motifs is 2. The lowest BCUT2D eigenvalue weighted by Crippen LogP contribution is -2.34. The summed E-state index contributed by atoms with van der Waals surface area (Å²) in [4.78, 5) is 13.0. The Morgan fingerprint density at radius 1 is 1.00 bits per heavy atom. The van der Waals surface area contributed by atoms with Gasteiger partial charge in [0.05, 0.1) is 7.45 Å². The second-order valence-electron chi connectivity index (χ2n) is 5.38. The Labute approximate surface area is 145 Å². The van der Waals surface area contributed by atoms with Crippen molar-refractivity contribution in [2.24, 2.45) is 0 Å². The Balaban J connectivity index is 2.12. The van der Waals surface area contributed by atoms with Gasteiger partial charge < -0.3 is 5.11 Å². The highest BCUT2D eigenvalue weighted by atomic mass is 16.3. The number of Topliss-reactive ketones (excluding diaryl/α,β-unsaturated/α-hetero) is 1. The minimum Gasteiger partial charge on any atom is -0.392 e. The van der Waals surface area contributed by atoms with Crippen LogP contribution in [0.15, 0.2) is 36.4 Å². The maximum atomic E-state index is 13.0. The van der Waals surface area contributed by atoms with Crippen molar-refractivity contribution in [3.8, 4) is 11.1 Å². The summed E-state index contributed by atoms with van der Waals surface area (Å²) in [5.41, 5.74) is -1.59. The van der Waals surface area contributed by atoms with E-state index >= 15 is 0 Å². The van der Waals surface area contributed by atoms with E-state index in [1.807, 2.05) is 0 Å². The number of benzene rings is 2. The van der Waals surface area contributed by atoms with E-state index in [2.05, 4.69) is 0 Å². The molecule has 0 saturated heterocycles. The molecule has 3 aliphatic carbocycles. The number of ketones is 1. The molecule has 1 N–H and O–H groups in total. The molecule has 0 aliphatic heterocycles. The van der Waals surface area contributed by atoms with Crippen LogP contribution in [0.2, 0.25) is 0 Å². The van der Waals surface area contributed by atoms with Crippen LogP contribution in [-0.2, 0) is 6.37 Å². The molecule has 3 unspecified atom stereocenters. The maximum absolute atomic E-state index is 13.0. The van der Waals surface area contributed by atoms with Gasteiger partial charge in [0.1, 0.15) is 0 Å². The largest absolute Gasteiger partial charge is 0.392 e. The molecule has 0 aromatic heterocycles. The number of carbonyl (C=O) groups excluding carboxylic acids is 1. The van der Waals surface area contributed by atoms with Gasteiger partial charge >= 0.3 is 0 Å². The Morgan fingerprint density at radius 3 is 2.73 bits per heavy atom. The van der Waals surface area contributed by atoms with Crippen molar-refractivity contribution in [1.29, 1.82) is 0 Å². The highest BCUT2D eigenvalue weighted by Crippen LogP contribution is 2.52. The summed E-state index contributed by atoms with van der Waals surface area (Å²) in [6.45, 7) is 0. The topological polar surface area (TPSA) is 37.3 Å². The van der Waals surface area contributed by atoms with Crippen molar-refractivity contribution in [3.63, 3.8) is 0 Å². The number of rotatable bonds is 0. The predicted molar refractivity (Wildman–Crippen MR) is 85.3 cm³/mol. The Hall–Kier alpha value is -1.93. The van der Waals surface area contributed by atoms with E-state index in [1.165, 1.54) is 24.3 Å². The van der Waals surface area contributed by atoms with Crippen LogP contribution in [-0.4, -0.2) is 17.0 Å². The highest BCUT2D eigenvalue weighted by molar-refractivity contribution is 6.01. The fraction of sp³-hybridized carbons (Fsp3) is 0.350. The molecular formula is C20H18O2. The first-order valence-electron chi connectivity index (χ1n) is 12.4. The van der Waals surface area contributed by atoms with Gasteiger partial charge in [-0.2, -0.15) is 0 Å². The summed E-state index contributed by atoms with van der Waals surface area (Å²) in [6.07, 6.45) is -17.4. The van der Waals surface area contributed by atoms with Gasteiger partial charge in [-0.25, -0.2) is 0 Å². The Morgan fingerprint density at radius 2 is 1.82 bits per heavy atom. The second-order valence-corrected chi connectivity index (χ2v) is 5.38. The molecule has 3 aliphatic rings. The second kappa shape index (κ2) is 4.30. The van der Waals surface area contributed by atoms with Crippen LogP contribution >= 0.6 is 0 Å². The normalized spacial score (nSPS) is 54.6. The molecule has 0 saturated carbocycles. The first-order valence-corrected chi connectivity index (χ1v) is 6.92. The molecule has 22 heavy (non-hydrogen) atoms. The lowest BCUT2D eigenvalue weighted by Gasteiger charge is -2.41. The highest BCUT2D eigenvalue weighted by Gasteiger charge is 2.41. The van der Waals surface area contributed by atoms with Gasteiger partial charge in [-0.1, -0.05) is 36.4 Å². The Kier molecular flexibility index (Phi) is 1.16. The lowest BCUT2D eigenvalue weighted by atomic mass is 9.63. The van der Waals surface area contributed by atoms with Crippen LogP contribution < -0.4 is 0 Å². The van der Waals surface area contributed by atoms with E-state index in [0.29, 0.717) is 0 Å². The Bertz CT molecular complexity index is 1270. The van der Waals surface area contributed by atoms with Crippen molar-refractivity contribution >= 4 is 5.78 Å².